The van der Waals surface area contributed by atoms with E-state index in [1.165, 1.54) is 75.2 Å². The number of sulfone groups is 1. The number of likely N-dealkylation sites (tertiary alicyclic amines) is 1. The van der Waals surface area contributed by atoms with Crippen molar-refractivity contribution in [1.82, 2.24) is 10.2 Å². The zero-order valence-electron chi connectivity index (χ0n) is 37.2. The van der Waals surface area contributed by atoms with Crippen molar-refractivity contribution in [2.24, 2.45) is 57.2 Å². The third kappa shape index (κ3) is 7.15. The van der Waals surface area contributed by atoms with Gasteiger partial charge in [0.25, 0.3) is 0 Å². The first-order valence-corrected chi connectivity index (χ1v) is 25.3. The Morgan fingerprint density at radius 1 is 0.879 bits per heavy atom. The van der Waals surface area contributed by atoms with Crippen LogP contribution >= 0.6 is 0 Å². The minimum atomic E-state index is -2.95. The van der Waals surface area contributed by atoms with Gasteiger partial charge in [0.15, 0.2) is 0 Å². The molecule has 4 saturated carbocycles. The molecule has 7 aliphatic rings. The topological polar surface area (TPSA) is 75.7 Å². The number of nitrogens with zero attached hydrogens (tertiary/aromatic N) is 1. The average Bonchev–Trinajstić information content (AvgIpc) is 3.57. The lowest BCUT2D eigenvalue weighted by atomic mass is 9.33. The number of hydrogen-bond donors (Lipinski definition) is 1. The van der Waals surface area contributed by atoms with E-state index in [4.69, 9.17) is 4.74 Å². The maximum atomic E-state index is 13.1. The van der Waals surface area contributed by atoms with Crippen LogP contribution < -0.4 is 5.32 Å². The third-order valence-corrected chi connectivity index (χ3v) is 20.7. The highest BCUT2D eigenvalue weighted by molar-refractivity contribution is 7.91. The molecule has 0 amide bonds. The molecule has 7 heteroatoms. The summed E-state index contributed by atoms with van der Waals surface area (Å²) in [6.45, 7) is 24.4. The van der Waals surface area contributed by atoms with Crippen LogP contribution in [0.15, 0.2) is 65.8 Å². The molecule has 1 heterocycles. The molecule has 6 aliphatic carbocycles. The molecular weight excluding hydrogens is 737 g/mol. The van der Waals surface area contributed by atoms with Gasteiger partial charge in [0.1, 0.15) is 16.4 Å². The Morgan fingerprint density at radius 3 is 2.29 bits per heavy atom. The van der Waals surface area contributed by atoms with E-state index in [1.54, 1.807) is 5.57 Å². The number of ether oxygens (including phenoxy) is 1. The minimum absolute atomic E-state index is 0.0448. The predicted octanol–water partition coefficient (Wildman–Crippen LogP) is 10.5. The minimum Gasteiger partial charge on any atom is -0.461 e. The molecule has 0 unspecified atom stereocenters. The lowest BCUT2D eigenvalue weighted by molar-refractivity contribution is -0.221. The van der Waals surface area contributed by atoms with Gasteiger partial charge in [0.2, 0.25) is 0 Å². The lowest BCUT2D eigenvalue weighted by Crippen LogP contribution is -2.68. The van der Waals surface area contributed by atoms with Crippen LogP contribution in [-0.4, -0.2) is 62.5 Å². The molecule has 1 aromatic rings. The standard InChI is InChI=1S/C51H76N2O4S/c1-35(2)40-20-27-51(52-30-33-53-31-23-39(24-32-53)58(8,55)56)29-28-49(6)42(45(40)51)18-19-44-48(5)25-21-41(47(3,4)43(48)22-26-50(44,49)7)37-14-16-38(17-15-37)46(54)57-34-36-12-10-9-11-13-36/h9-14,21,38-40,42-45,52H,1,15-20,22-34H2,2-8H3/t38-,40-,42+,43-,44+,45+,48-,49+,50+,51-/m0/s1. The number of allylic oxidation sites excluding steroid dienone is 5. The van der Waals surface area contributed by atoms with E-state index in [2.05, 4.69) is 70.5 Å². The van der Waals surface area contributed by atoms with Crippen molar-refractivity contribution in [2.45, 2.75) is 149 Å². The number of benzene rings is 1. The zero-order valence-corrected chi connectivity index (χ0v) is 38.0. The van der Waals surface area contributed by atoms with Crippen molar-refractivity contribution in [3.05, 3.63) is 71.3 Å². The zero-order chi connectivity index (χ0) is 41.3. The molecule has 58 heavy (non-hydrogen) atoms. The van der Waals surface area contributed by atoms with Gasteiger partial charge in [-0.05, 0) is 178 Å². The fraction of sp³-hybridized carbons (Fsp3) is 0.745. The van der Waals surface area contributed by atoms with Crippen LogP contribution in [0.1, 0.15) is 137 Å². The number of esters is 1. The summed E-state index contributed by atoms with van der Waals surface area (Å²) in [7, 11) is -2.95. The van der Waals surface area contributed by atoms with E-state index in [1.807, 2.05) is 30.3 Å². The molecule has 0 bridgehead atoms. The first kappa shape index (κ1) is 42.5. The van der Waals surface area contributed by atoms with E-state index in [0.717, 1.165) is 63.8 Å². The summed E-state index contributed by atoms with van der Waals surface area (Å²) < 4.78 is 30.1. The van der Waals surface area contributed by atoms with Gasteiger partial charge in [-0.1, -0.05) is 89.3 Å². The smallest absolute Gasteiger partial charge is 0.309 e. The first-order valence-electron chi connectivity index (χ1n) is 23.4. The van der Waals surface area contributed by atoms with Crippen LogP contribution in [0.25, 0.3) is 0 Å². The van der Waals surface area contributed by atoms with Gasteiger partial charge < -0.3 is 15.0 Å². The SMILES string of the molecule is C=C(C)[C@@H]1CC[C@]2(NCCN3CCC(S(C)(=O)=O)CC3)CC[C@]3(C)[C@H](CC[C@@H]4[C@@]5(C)CC=C(C6=CC[C@H](C(=O)OCc7ccccc7)CC6)C(C)(C)[C@@H]5CC[C@]43C)[C@@H]12. The Kier molecular flexibility index (Phi) is 11.4. The molecule has 5 fully saturated rings. The number of carbonyl (C=O) groups is 1. The van der Waals surface area contributed by atoms with Gasteiger partial charge in [0, 0.05) is 24.9 Å². The second-order valence-electron chi connectivity index (χ2n) is 22.0. The van der Waals surface area contributed by atoms with Crippen molar-refractivity contribution in [1.29, 1.82) is 0 Å². The molecule has 8 rings (SSSR count). The quantitative estimate of drug-likeness (QED) is 0.187. The Balaban J connectivity index is 0.966. The van der Waals surface area contributed by atoms with Gasteiger partial charge in [-0.25, -0.2) is 8.42 Å². The van der Waals surface area contributed by atoms with Crippen LogP contribution in [0.4, 0.5) is 0 Å². The first-order chi connectivity index (χ1) is 27.4. The second kappa shape index (κ2) is 15.6. The molecule has 1 aliphatic heterocycles. The second-order valence-corrected chi connectivity index (χ2v) is 24.3. The van der Waals surface area contributed by atoms with E-state index in [9.17, 15) is 13.2 Å². The van der Waals surface area contributed by atoms with Crippen molar-refractivity contribution in [3.63, 3.8) is 0 Å². The van der Waals surface area contributed by atoms with Crippen molar-refractivity contribution in [2.75, 3.05) is 32.4 Å². The van der Waals surface area contributed by atoms with Crippen LogP contribution in [0.5, 0.6) is 0 Å². The van der Waals surface area contributed by atoms with E-state index in [-0.39, 0.29) is 33.5 Å². The molecular formula is C51H76N2O4S. The van der Waals surface area contributed by atoms with Crippen molar-refractivity contribution in [3.8, 4) is 0 Å². The fourth-order valence-corrected chi connectivity index (χ4v) is 16.8. The largest absolute Gasteiger partial charge is 0.461 e. The highest BCUT2D eigenvalue weighted by atomic mass is 32.2. The molecule has 0 spiro atoms. The Morgan fingerprint density at radius 2 is 1.62 bits per heavy atom. The van der Waals surface area contributed by atoms with Crippen LogP contribution in [0.2, 0.25) is 0 Å². The fourth-order valence-electron chi connectivity index (χ4n) is 15.8. The Labute approximate surface area is 352 Å². The van der Waals surface area contributed by atoms with Gasteiger partial charge in [0.05, 0.1) is 11.2 Å². The number of piperidine rings is 1. The molecule has 0 radical (unpaired) electrons. The maximum absolute atomic E-state index is 13.1. The van der Waals surface area contributed by atoms with E-state index < -0.39 is 9.84 Å². The summed E-state index contributed by atoms with van der Waals surface area (Å²) in [5, 5.41) is 4.12. The number of nitrogens with one attached hydrogen (secondary N) is 1. The number of carbonyl (C=O) groups excluding carboxylic acids is 1. The van der Waals surface area contributed by atoms with Gasteiger partial charge in [-0.3, -0.25) is 4.79 Å². The van der Waals surface area contributed by atoms with E-state index in [0.29, 0.717) is 47.0 Å². The van der Waals surface area contributed by atoms with Crippen molar-refractivity contribution >= 4 is 15.8 Å². The molecule has 6 nitrogen and oxygen atoms in total. The van der Waals surface area contributed by atoms with Gasteiger partial charge in [-0.2, -0.15) is 0 Å². The van der Waals surface area contributed by atoms with Gasteiger partial charge >= 0.3 is 5.97 Å². The summed E-state index contributed by atoms with van der Waals surface area (Å²) in [6, 6.07) is 10.0. The van der Waals surface area contributed by atoms with E-state index >= 15 is 0 Å². The highest BCUT2D eigenvalue weighted by Crippen LogP contribution is 2.76. The normalized spacial score (nSPS) is 40.3. The number of hydrogen-bond acceptors (Lipinski definition) is 6. The predicted molar refractivity (Wildman–Crippen MR) is 237 cm³/mol. The van der Waals surface area contributed by atoms with Gasteiger partial charge in [-0.15, -0.1) is 0 Å². The maximum Gasteiger partial charge on any atom is 0.309 e. The lowest BCUT2D eigenvalue weighted by Gasteiger charge is -2.72. The molecule has 1 N–H and O–H groups in total. The number of fused-ring (bicyclic) bond motifs is 7. The third-order valence-electron chi connectivity index (χ3n) is 19.0. The molecule has 10 atom stereocenters. The summed E-state index contributed by atoms with van der Waals surface area (Å²) in [4.78, 5) is 15.6. The summed E-state index contributed by atoms with van der Waals surface area (Å²) in [5.74, 6) is 3.18. The summed E-state index contributed by atoms with van der Waals surface area (Å²) in [5.41, 5.74) is 6.65. The highest BCUT2D eigenvalue weighted by Gasteiger charge is 2.70. The monoisotopic (exact) mass is 813 g/mol. The molecule has 1 aromatic carbocycles. The van der Waals surface area contributed by atoms with Crippen LogP contribution in [0.3, 0.4) is 0 Å². The molecule has 320 valence electrons. The summed E-state index contributed by atoms with van der Waals surface area (Å²) in [6.07, 6.45) is 22.2. The number of rotatable bonds is 10. The van der Waals surface area contributed by atoms with Crippen LogP contribution in [-0.2, 0) is 26.0 Å². The van der Waals surface area contributed by atoms with Crippen LogP contribution in [0, 0.1) is 57.2 Å². The summed E-state index contributed by atoms with van der Waals surface area (Å²) >= 11 is 0. The Bertz CT molecular complexity index is 1890. The Hall–Kier alpha value is -2.22. The molecule has 1 saturated heterocycles. The molecule has 0 aromatic heterocycles. The van der Waals surface area contributed by atoms with Crippen molar-refractivity contribution < 1.29 is 17.9 Å². The average molecular weight is 813 g/mol.